The van der Waals surface area contributed by atoms with Gasteiger partial charge < -0.3 is 0 Å². The van der Waals surface area contributed by atoms with Crippen molar-refractivity contribution in [2.45, 2.75) is 109 Å². The predicted molar refractivity (Wildman–Crippen MR) is 300 cm³/mol. The molecular formula is C69H62O8. The summed E-state index contributed by atoms with van der Waals surface area (Å²) in [6.07, 6.45) is 47.9. The highest BCUT2D eigenvalue weighted by molar-refractivity contribution is 6.20. The van der Waals surface area contributed by atoms with Crippen molar-refractivity contribution >= 4 is 46.3 Å². The number of ketones is 8. The van der Waals surface area contributed by atoms with Gasteiger partial charge in [-0.25, -0.2) is 0 Å². The van der Waals surface area contributed by atoms with E-state index in [0.29, 0.717) is 131 Å². The van der Waals surface area contributed by atoms with Gasteiger partial charge >= 0.3 is 0 Å². The summed E-state index contributed by atoms with van der Waals surface area (Å²) in [7, 11) is 0. The Hall–Kier alpha value is -8.10. The van der Waals surface area contributed by atoms with Gasteiger partial charge in [0.05, 0.1) is 0 Å². The van der Waals surface area contributed by atoms with Crippen LogP contribution >= 0.6 is 0 Å². The second-order valence-electron chi connectivity index (χ2n) is 21.1. The average molecular weight is 1020 g/mol. The minimum Gasteiger partial charge on any atom is -0.294 e. The van der Waals surface area contributed by atoms with Crippen LogP contribution < -0.4 is 0 Å². The van der Waals surface area contributed by atoms with Gasteiger partial charge in [-0.15, -0.1) is 0 Å². The number of Topliss-reactive ketones (excluding diaryl/α,β-unsaturated/α-hetero) is 8. The van der Waals surface area contributed by atoms with Crippen LogP contribution in [-0.2, 0) is 33.6 Å². The third kappa shape index (κ3) is 12.1. The van der Waals surface area contributed by atoms with E-state index in [9.17, 15) is 38.4 Å². The largest absolute Gasteiger partial charge is 0.294 e. The molecule has 8 heteroatoms. The SMILES string of the molecule is O=C(C1=CCCC(C(=O)C2=CCCC(C(=O)C3C=C(C(=O)C4=CCC=C(C(=O)C5=CC(CC6=CC=CCC6)CC=C5)C4)C=C(C(=O)C4=CCCC(C(=O)C5=CCC=C(C(=O)c6ccccc6)C5)=C4)C3)=C2)=C1)C1=CCC=CC1. The van der Waals surface area contributed by atoms with E-state index in [1.807, 2.05) is 60.8 Å². The average Bonchev–Trinajstić information content (AvgIpc) is 3.50. The van der Waals surface area contributed by atoms with Crippen molar-refractivity contribution in [3.8, 4) is 0 Å². The van der Waals surface area contributed by atoms with Gasteiger partial charge in [0.25, 0.3) is 0 Å². The number of carbonyl (C=O) groups is 8. The minimum atomic E-state index is -0.934. The zero-order valence-corrected chi connectivity index (χ0v) is 43.5. The molecule has 9 aliphatic carbocycles. The number of carbonyl (C=O) groups excluding carboxylic acids is 8. The van der Waals surface area contributed by atoms with Crippen LogP contribution in [0.4, 0.5) is 0 Å². The van der Waals surface area contributed by atoms with Crippen molar-refractivity contribution in [1.29, 1.82) is 0 Å². The molecule has 0 aromatic heterocycles. The van der Waals surface area contributed by atoms with E-state index < -0.39 is 11.7 Å². The Morgan fingerprint density at radius 3 is 1.61 bits per heavy atom. The van der Waals surface area contributed by atoms with Crippen LogP contribution in [0.15, 0.2) is 242 Å². The first-order valence-corrected chi connectivity index (χ1v) is 27.4. The third-order valence-corrected chi connectivity index (χ3v) is 15.8. The number of benzene rings is 1. The van der Waals surface area contributed by atoms with E-state index in [1.165, 1.54) is 5.57 Å². The van der Waals surface area contributed by atoms with Gasteiger partial charge in [0.1, 0.15) is 0 Å². The number of allylic oxidation sites excluding steroid dienone is 36. The molecule has 0 spiro atoms. The normalized spacial score (nSPS) is 22.2. The first-order chi connectivity index (χ1) is 37.5. The fourth-order valence-electron chi connectivity index (χ4n) is 11.6. The molecule has 0 aliphatic heterocycles. The van der Waals surface area contributed by atoms with Gasteiger partial charge in [-0.1, -0.05) is 139 Å². The molecule has 0 saturated heterocycles. The molecule has 0 radical (unpaired) electrons. The lowest BCUT2D eigenvalue weighted by Gasteiger charge is -2.24. The quantitative estimate of drug-likeness (QED) is 0.105. The second kappa shape index (κ2) is 23.8. The van der Waals surface area contributed by atoms with Gasteiger partial charge in [-0.05, 0) is 132 Å². The zero-order chi connectivity index (χ0) is 53.4. The lowest BCUT2D eigenvalue weighted by atomic mass is 9.77. The van der Waals surface area contributed by atoms with E-state index in [0.717, 1.165) is 25.7 Å². The van der Waals surface area contributed by atoms with E-state index in [2.05, 4.69) is 30.4 Å². The van der Waals surface area contributed by atoms with Gasteiger partial charge in [0.2, 0.25) is 0 Å². The highest BCUT2D eigenvalue weighted by Crippen LogP contribution is 2.37. The summed E-state index contributed by atoms with van der Waals surface area (Å²) in [5.74, 6) is -2.63. The third-order valence-electron chi connectivity index (χ3n) is 15.8. The fourth-order valence-corrected chi connectivity index (χ4v) is 11.6. The molecule has 8 nitrogen and oxygen atoms in total. The molecule has 10 rings (SSSR count). The number of hydrogen-bond donors (Lipinski definition) is 0. The molecule has 0 heterocycles. The summed E-state index contributed by atoms with van der Waals surface area (Å²) < 4.78 is 0. The zero-order valence-electron chi connectivity index (χ0n) is 43.5. The maximum atomic E-state index is 14.9. The van der Waals surface area contributed by atoms with Crippen LogP contribution in [0, 0.1) is 11.8 Å². The summed E-state index contributed by atoms with van der Waals surface area (Å²) in [6.45, 7) is 0. The van der Waals surface area contributed by atoms with Gasteiger partial charge in [-0.2, -0.15) is 0 Å². The maximum absolute atomic E-state index is 14.9. The molecule has 0 saturated carbocycles. The maximum Gasteiger partial charge on any atom is 0.189 e. The van der Waals surface area contributed by atoms with Crippen LogP contribution in [-0.4, -0.2) is 46.3 Å². The Labute approximate surface area is 450 Å². The van der Waals surface area contributed by atoms with Gasteiger partial charge in [0.15, 0.2) is 46.3 Å². The minimum absolute atomic E-state index is 0.0157. The van der Waals surface area contributed by atoms with Crippen LogP contribution in [0.2, 0.25) is 0 Å². The molecule has 0 N–H and O–H groups in total. The molecule has 0 fully saturated rings. The van der Waals surface area contributed by atoms with Crippen molar-refractivity contribution < 1.29 is 38.4 Å². The van der Waals surface area contributed by atoms with E-state index in [1.54, 1.807) is 66.8 Å². The Balaban J connectivity index is 0.893. The van der Waals surface area contributed by atoms with Crippen LogP contribution in [0.25, 0.3) is 0 Å². The van der Waals surface area contributed by atoms with Crippen molar-refractivity contribution in [2.75, 3.05) is 0 Å². The summed E-state index contributed by atoms with van der Waals surface area (Å²) in [5, 5.41) is 0. The van der Waals surface area contributed by atoms with E-state index in [4.69, 9.17) is 0 Å². The molecule has 1 aromatic rings. The van der Waals surface area contributed by atoms with Gasteiger partial charge in [0, 0.05) is 96.8 Å². The summed E-state index contributed by atoms with van der Waals surface area (Å²) in [5.41, 5.74) is 8.09. The van der Waals surface area contributed by atoms with E-state index in [-0.39, 0.29) is 82.4 Å². The monoisotopic (exact) mass is 1020 g/mol. The predicted octanol–water partition coefficient (Wildman–Crippen LogP) is 13.4. The Morgan fingerprint density at radius 2 is 0.974 bits per heavy atom. The highest BCUT2D eigenvalue weighted by atomic mass is 16.2. The van der Waals surface area contributed by atoms with Crippen molar-refractivity contribution in [3.05, 3.63) is 247 Å². The Bertz CT molecular complexity index is 3390. The summed E-state index contributed by atoms with van der Waals surface area (Å²) in [4.78, 5) is 114. The number of hydrogen-bond acceptors (Lipinski definition) is 8. The molecular weight excluding hydrogens is 957 g/mol. The fraction of sp³-hybridized carbons (Fsp3) is 0.275. The van der Waals surface area contributed by atoms with Crippen molar-refractivity contribution in [2.24, 2.45) is 11.8 Å². The molecule has 2 unspecified atom stereocenters. The second-order valence-corrected chi connectivity index (χ2v) is 21.1. The van der Waals surface area contributed by atoms with Crippen molar-refractivity contribution in [3.63, 3.8) is 0 Å². The first kappa shape index (κ1) is 52.3. The lowest BCUT2D eigenvalue weighted by molar-refractivity contribution is -0.118. The topological polar surface area (TPSA) is 137 Å². The summed E-state index contributed by atoms with van der Waals surface area (Å²) in [6, 6.07) is 8.96. The molecule has 9 aliphatic rings. The number of rotatable bonds is 18. The van der Waals surface area contributed by atoms with Gasteiger partial charge in [-0.3, -0.25) is 38.4 Å². The van der Waals surface area contributed by atoms with Crippen molar-refractivity contribution in [1.82, 2.24) is 0 Å². The lowest BCUT2D eigenvalue weighted by Crippen LogP contribution is -2.25. The van der Waals surface area contributed by atoms with Crippen LogP contribution in [0.5, 0.6) is 0 Å². The molecule has 2 atom stereocenters. The smallest absolute Gasteiger partial charge is 0.189 e. The molecule has 77 heavy (non-hydrogen) atoms. The van der Waals surface area contributed by atoms with Crippen LogP contribution in [0.1, 0.15) is 120 Å². The molecule has 386 valence electrons. The standard InChI is InChI=1S/C69H62O8/c70-62(46-19-6-2-7-20-46)49-24-11-27-52(36-49)65(73)54-29-14-32-57(39-54)68(76)60-41-59(67(75)56-31-13-26-51(38-56)64(72)48-23-10-18-45(35-48)34-44-16-4-1-5-17-44)42-61(43-60)69(77)58-33-15-30-55(40-58)66(74)53-28-12-25-50(37-53)63(71)47-21-8-3-9-22-47/h1-4,6-8,10,16,19-20,22-27,30-32,35,37,39-42,45,61H,5,9,11-15,17-18,21,28-29,33-34,36,38,43H2. The Kier molecular flexibility index (Phi) is 16.2. The molecule has 0 bridgehead atoms. The van der Waals surface area contributed by atoms with Crippen LogP contribution in [0.3, 0.4) is 0 Å². The first-order valence-electron chi connectivity index (χ1n) is 27.4. The van der Waals surface area contributed by atoms with E-state index >= 15 is 0 Å². The molecule has 0 amide bonds. The molecule has 1 aromatic carbocycles. The summed E-state index contributed by atoms with van der Waals surface area (Å²) >= 11 is 0. The highest BCUT2D eigenvalue weighted by Gasteiger charge is 2.34. The Morgan fingerprint density at radius 1 is 0.429 bits per heavy atom.